The third kappa shape index (κ3) is 3.79. The first-order valence-electron chi connectivity index (χ1n) is 8.79. The minimum absolute atomic E-state index is 0.323. The molecule has 6 heteroatoms. The number of aromatic nitrogens is 2. The molecule has 0 amide bonds. The number of benzene rings is 3. The fraction of sp³-hybridized carbons (Fsp3) is 0.136. The third-order valence-corrected chi connectivity index (χ3v) is 5.25. The number of para-hydroxylation sites is 2. The summed E-state index contributed by atoms with van der Waals surface area (Å²) in [7, 11) is 1.64. The maximum Gasteiger partial charge on any atom is 0.148 e. The largest absolute Gasteiger partial charge is 0.497 e. The Morgan fingerprint density at radius 1 is 0.857 bits per heavy atom. The molecule has 3 aromatic carbocycles. The minimum Gasteiger partial charge on any atom is -0.497 e. The van der Waals surface area contributed by atoms with Crippen molar-refractivity contribution in [3.8, 4) is 11.5 Å². The van der Waals surface area contributed by atoms with Gasteiger partial charge in [-0.25, -0.2) is 4.98 Å². The van der Waals surface area contributed by atoms with Gasteiger partial charge in [-0.05, 0) is 48.5 Å². The highest BCUT2D eigenvalue weighted by Crippen LogP contribution is 2.28. The summed E-state index contributed by atoms with van der Waals surface area (Å²) in [4.78, 5) is 4.74. The van der Waals surface area contributed by atoms with Gasteiger partial charge in [-0.3, -0.25) is 0 Å². The van der Waals surface area contributed by atoms with Crippen LogP contribution in [0.2, 0.25) is 10.0 Å². The van der Waals surface area contributed by atoms with E-state index in [0.717, 1.165) is 33.9 Å². The van der Waals surface area contributed by atoms with Crippen LogP contribution in [0.5, 0.6) is 11.5 Å². The van der Waals surface area contributed by atoms with Crippen molar-refractivity contribution >= 4 is 34.2 Å². The number of halogens is 2. The maximum absolute atomic E-state index is 6.39. The number of ether oxygens (including phenoxy) is 2. The molecule has 0 radical (unpaired) electrons. The van der Waals surface area contributed by atoms with Crippen LogP contribution in [0.4, 0.5) is 0 Å². The first kappa shape index (κ1) is 18.7. The van der Waals surface area contributed by atoms with Crippen molar-refractivity contribution in [1.29, 1.82) is 0 Å². The van der Waals surface area contributed by atoms with Gasteiger partial charge in [-0.15, -0.1) is 0 Å². The lowest BCUT2D eigenvalue weighted by Gasteiger charge is -2.13. The summed E-state index contributed by atoms with van der Waals surface area (Å²) < 4.78 is 13.2. The van der Waals surface area contributed by atoms with Crippen molar-refractivity contribution in [2.75, 3.05) is 7.11 Å². The Morgan fingerprint density at radius 3 is 2.25 bits per heavy atom. The molecular weight excluding hydrogens is 395 g/mol. The van der Waals surface area contributed by atoms with Crippen molar-refractivity contribution in [3.05, 3.63) is 88.2 Å². The van der Waals surface area contributed by atoms with Gasteiger partial charge in [0.2, 0.25) is 0 Å². The van der Waals surface area contributed by atoms with Crippen molar-refractivity contribution in [3.63, 3.8) is 0 Å². The Labute approximate surface area is 173 Å². The molecule has 0 aliphatic carbocycles. The molecule has 4 nitrogen and oxygen atoms in total. The van der Waals surface area contributed by atoms with Crippen LogP contribution in [0, 0.1) is 0 Å². The van der Waals surface area contributed by atoms with E-state index in [2.05, 4.69) is 4.57 Å². The molecule has 4 rings (SSSR count). The van der Waals surface area contributed by atoms with E-state index in [1.165, 1.54) is 0 Å². The van der Waals surface area contributed by atoms with Crippen LogP contribution in [-0.4, -0.2) is 16.7 Å². The average molecular weight is 413 g/mol. The zero-order valence-electron chi connectivity index (χ0n) is 15.2. The highest BCUT2D eigenvalue weighted by atomic mass is 35.5. The van der Waals surface area contributed by atoms with Gasteiger partial charge >= 0.3 is 0 Å². The van der Waals surface area contributed by atoms with Crippen LogP contribution < -0.4 is 9.47 Å². The molecule has 0 unspecified atom stereocenters. The number of hydrogen-bond acceptors (Lipinski definition) is 3. The molecule has 0 fully saturated rings. The lowest BCUT2D eigenvalue weighted by Crippen LogP contribution is -2.09. The monoisotopic (exact) mass is 412 g/mol. The van der Waals surface area contributed by atoms with Crippen LogP contribution in [0.25, 0.3) is 11.0 Å². The summed E-state index contributed by atoms with van der Waals surface area (Å²) in [6, 6.07) is 21.0. The second-order valence-corrected chi connectivity index (χ2v) is 7.08. The van der Waals surface area contributed by atoms with Crippen LogP contribution in [0.15, 0.2) is 66.7 Å². The van der Waals surface area contributed by atoms with Crippen LogP contribution >= 0.6 is 23.2 Å². The Hall–Kier alpha value is -2.69. The van der Waals surface area contributed by atoms with Gasteiger partial charge in [0.25, 0.3) is 0 Å². The van der Waals surface area contributed by atoms with Gasteiger partial charge in [0.1, 0.15) is 23.9 Å². The predicted octanol–water partition coefficient (Wildman–Crippen LogP) is 5.98. The zero-order valence-corrected chi connectivity index (χ0v) is 16.7. The van der Waals surface area contributed by atoms with E-state index < -0.39 is 0 Å². The molecule has 0 N–H and O–H groups in total. The smallest absolute Gasteiger partial charge is 0.148 e. The fourth-order valence-electron chi connectivity index (χ4n) is 3.07. The Bertz CT molecular complexity index is 1090. The summed E-state index contributed by atoms with van der Waals surface area (Å²) in [6.07, 6.45) is 0. The van der Waals surface area contributed by atoms with Gasteiger partial charge in [0.05, 0.1) is 24.7 Å². The number of rotatable bonds is 6. The summed E-state index contributed by atoms with van der Waals surface area (Å²) >= 11 is 12.8. The van der Waals surface area contributed by atoms with E-state index in [0.29, 0.717) is 23.2 Å². The first-order chi connectivity index (χ1) is 13.7. The molecule has 1 heterocycles. The maximum atomic E-state index is 6.39. The van der Waals surface area contributed by atoms with Crippen molar-refractivity contribution < 1.29 is 9.47 Å². The molecule has 0 aliphatic rings. The second kappa shape index (κ2) is 8.13. The quantitative estimate of drug-likeness (QED) is 0.390. The summed E-state index contributed by atoms with van der Waals surface area (Å²) in [5.74, 6) is 2.33. The molecule has 0 spiro atoms. The van der Waals surface area contributed by atoms with E-state index in [1.54, 1.807) is 7.11 Å². The van der Waals surface area contributed by atoms with E-state index >= 15 is 0 Å². The fourth-order valence-corrected chi connectivity index (χ4v) is 3.59. The lowest BCUT2D eigenvalue weighted by molar-refractivity contribution is 0.290. The average Bonchev–Trinajstić information content (AvgIpc) is 3.07. The molecule has 0 bridgehead atoms. The Kier molecular flexibility index (Phi) is 5.42. The Morgan fingerprint density at radius 2 is 1.54 bits per heavy atom. The highest BCUT2D eigenvalue weighted by Gasteiger charge is 2.14. The van der Waals surface area contributed by atoms with Gasteiger partial charge in [0.15, 0.2) is 0 Å². The molecule has 0 atom stereocenters. The highest BCUT2D eigenvalue weighted by molar-refractivity contribution is 6.36. The summed E-state index contributed by atoms with van der Waals surface area (Å²) in [6.45, 7) is 0.837. The zero-order chi connectivity index (χ0) is 19.5. The van der Waals surface area contributed by atoms with Crippen molar-refractivity contribution in [2.45, 2.75) is 13.2 Å². The van der Waals surface area contributed by atoms with E-state index in [-0.39, 0.29) is 0 Å². The number of imidazole rings is 1. The molecule has 0 saturated carbocycles. The molecule has 0 aliphatic heterocycles. The van der Waals surface area contributed by atoms with Gasteiger partial charge < -0.3 is 14.0 Å². The van der Waals surface area contributed by atoms with Gasteiger partial charge in [-0.1, -0.05) is 41.4 Å². The van der Waals surface area contributed by atoms with Gasteiger partial charge in [0, 0.05) is 15.6 Å². The molecule has 28 heavy (non-hydrogen) atoms. The van der Waals surface area contributed by atoms with Crippen LogP contribution in [0.3, 0.4) is 0 Å². The Balaban J connectivity index is 1.66. The molecule has 4 aromatic rings. The van der Waals surface area contributed by atoms with Crippen LogP contribution in [0.1, 0.15) is 11.4 Å². The summed E-state index contributed by atoms with van der Waals surface area (Å²) in [5.41, 5.74) is 2.77. The van der Waals surface area contributed by atoms with E-state index in [9.17, 15) is 0 Å². The van der Waals surface area contributed by atoms with Crippen molar-refractivity contribution in [1.82, 2.24) is 9.55 Å². The number of hydrogen-bond donors (Lipinski definition) is 0. The molecule has 0 saturated heterocycles. The van der Waals surface area contributed by atoms with E-state index in [4.69, 9.17) is 37.7 Å². The van der Waals surface area contributed by atoms with Crippen molar-refractivity contribution in [2.24, 2.45) is 0 Å². The number of fused-ring (bicyclic) bond motifs is 1. The standard InChI is InChI=1S/C22H18Cl2N2O2/c1-27-15-9-11-16(12-10-15)28-14-22-25-20-7-2-3-8-21(20)26(22)13-17-18(23)5-4-6-19(17)24/h2-12H,13-14H2,1H3. The van der Waals surface area contributed by atoms with E-state index in [1.807, 2.05) is 66.7 Å². The minimum atomic E-state index is 0.323. The van der Waals surface area contributed by atoms with Gasteiger partial charge in [-0.2, -0.15) is 0 Å². The topological polar surface area (TPSA) is 36.3 Å². The molecular formula is C22H18Cl2N2O2. The lowest BCUT2D eigenvalue weighted by atomic mass is 10.2. The second-order valence-electron chi connectivity index (χ2n) is 6.27. The molecule has 1 aromatic heterocycles. The SMILES string of the molecule is COc1ccc(OCc2nc3ccccc3n2Cc2c(Cl)cccc2Cl)cc1. The predicted molar refractivity (Wildman–Crippen MR) is 113 cm³/mol. The normalized spacial score (nSPS) is 11.0. The number of methoxy groups -OCH3 is 1. The first-order valence-corrected chi connectivity index (χ1v) is 9.55. The molecule has 142 valence electrons. The number of nitrogens with zero attached hydrogens (tertiary/aromatic N) is 2. The van der Waals surface area contributed by atoms with Crippen LogP contribution in [-0.2, 0) is 13.2 Å². The summed E-state index contributed by atoms with van der Waals surface area (Å²) in [5, 5.41) is 1.26. The third-order valence-electron chi connectivity index (χ3n) is 4.54.